The summed E-state index contributed by atoms with van der Waals surface area (Å²) < 4.78 is 0. The summed E-state index contributed by atoms with van der Waals surface area (Å²) in [6, 6.07) is 10.9. The highest BCUT2D eigenvalue weighted by atomic mass is 16.3. The number of nitriles is 1. The molecule has 5 heteroatoms. The van der Waals surface area contributed by atoms with Gasteiger partial charge in [0.25, 0.3) is 0 Å². The first-order chi connectivity index (χ1) is 8.27. The van der Waals surface area contributed by atoms with Crippen LogP contribution in [0.15, 0.2) is 30.3 Å². The van der Waals surface area contributed by atoms with E-state index in [1.165, 1.54) is 0 Å². The van der Waals surface area contributed by atoms with Gasteiger partial charge in [0.2, 0.25) is 5.91 Å². The van der Waals surface area contributed by atoms with E-state index in [-0.39, 0.29) is 31.6 Å². The molecule has 0 bridgehead atoms. The van der Waals surface area contributed by atoms with Crippen LogP contribution >= 0.6 is 0 Å². The van der Waals surface area contributed by atoms with Crippen LogP contribution in [0.2, 0.25) is 0 Å². The van der Waals surface area contributed by atoms with Crippen molar-refractivity contribution in [2.45, 2.75) is 6.04 Å². The molecular formula is C12H15N3O2. The minimum absolute atomic E-state index is 0.00432. The van der Waals surface area contributed by atoms with E-state index >= 15 is 0 Å². The monoisotopic (exact) mass is 233 g/mol. The highest BCUT2D eigenvalue weighted by Gasteiger charge is 2.10. The van der Waals surface area contributed by atoms with Crippen LogP contribution in [0.4, 0.5) is 0 Å². The third-order valence-electron chi connectivity index (χ3n) is 2.26. The SMILES string of the molecule is N#CCNC(=O)CNC(CO)c1ccccc1. The summed E-state index contributed by atoms with van der Waals surface area (Å²) in [6.07, 6.45) is 0. The van der Waals surface area contributed by atoms with E-state index in [2.05, 4.69) is 10.6 Å². The fourth-order valence-corrected chi connectivity index (χ4v) is 1.39. The van der Waals surface area contributed by atoms with Crippen molar-refractivity contribution in [1.29, 1.82) is 5.26 Å². The predicted molar refractivity (Wildman–Crippen MR) is 62.9 cm³/mol. The van der Waals surface area contributed by atoms with Crippen molar-refractivity contribution in [3.8, 4) is 6.07 Å². The lowest BCUT2D eigenvalue weighted by molar-refractivity contribution is -0.120. The van der Waals surface area contributed by atoms with Crippen LogP contribution in [0.1, 0.15) is 11.6 Å². The molecule has 1 atom stereocenters. The standard InChI is InChI=1S/C12H15N3O2/c13-6-7-14-12(17)8-15-11(9-16)10-4-2-1-3-5-10/h1-5,11,15-16H,7-9H2,(H,14,17). The van der Waals surface area contributed by atoms with Gasteiger partial charge >= 0.3 is 0 Å². The second-order valence-electron chi connectivity index (χ2n) is 3.46. The van der Waals surface area contributed by atoms with Gasteiger partial charge in [0.05, 0.1) is 25.3 Å². The number of aliphatic hydroxyl groups is 1. The summed E-state index contributed by atoms with van der Waals surface area (Å²) in [4.78, 5) is 11.2. The van der Waals surface area contributed by atoms with Crippen molar-refractivity contribution >= 4 is 5.91 Å². The molecule has 0 radical (unpaired) electrons. The molecule has 1 aromatic rings. The summed E-state index contributed by atoms with van der Waals surface area (Å²) in [6.45, 7) is -0.0208. The normalized spacial score (nSPS) is 11.5. The van der Waals surface area contributed by atoms with E-state index in [1.807, 2.05) is 36.4 Å². The van der Waals surface area contributed by atoms with Crippen molar-refractivity contribution < 1.29 is 9.90 Å². The Labute approximate surface area is 100 Å². The van der Waals surface area contributed by atoms with Crippen molar-refractivity contribution in [2.24, 2.45) is 0 Å². The van der Waals surface area contributed by atoms with Crippen LogP contribution in [0.25, 0.3) is 0 Å². The van der Waals surface area contributed by atoms with Crippen LogP contribution in [-0.4, -0.2) is 30.7 Å². The number of carbonyl (C=O) groups excluding carboxylic acids is 1. The summed E-state index contributed by atoms with van der Waals surface area (Å²) >= 11 is 0. The van der Waals surface area contributed by atoms with E-state index < -0.39 is 0 Å². The Morgan fingerprint density at radius 1 is 1.41 bits per heavy atom. The van der Waals surface area contributed by atoms with E-state index in [4.69, 9.17) is 5.26 Å². The number of hydrogen-bond donors (Lipinski definition) is 3. The van der Waals surface area contributed by atoms with Gasteiger partial charge < -0.3 is 10.4 Å². The van der Waals surface area contributed by atoms with Gasteiger partial charge in [0, 0.05) is 0 Å². The highest BCUT2D eigenvalue weighted by Crippen LogP contribution is 2.10. The van der Waals surface area contributed by atoms with E-state index in [0.717, 1.165) is 5.56 Å². The fraction of sp³-hybridized carbons (Fsp3) is 0.333. The molecule has 1 rings (SSSR count). The molecule has 5 nitrogen and oxygen atoms in total. The van der Waals surface area contributed by atoms with E-state index in [1.54, 1.807) is 0 Å². The van der Waals surface area contributed by atoms with Crippen LogP contribution in [-0.2, 0) is 4.79 Å². The summed E-state index contributed by atoms with van der Waals surface area (Å²) in [5.41, 5.74) is 0.920. The Morgan fingerprint density at radius 2 is 2.12 bits per heavy atom. The molecule has 17 heavy (non-hydrogen) atoms. The first kappa shape index (κ1) is 13.2. The average molecular weight is 233 g/mol. The molecule has 1 unspecified atom stereocenters. The van der Waals surface area contributed by atoms with Crippen molar-refractivity contribution in [3.63, 3.8) is 0 Å². The minimum Gasteiger partial charge on any atom is -0.394 e. The molecule has 0 aliphatic heterocycles. The Balaban J connectivity index is 2.44. The zero-order valence-electron chi connectivity index (χ0n) is 9.39. The molecule has 0 fully saturated rings. The Hall–Kier alpha value is -1.90. The smallest absolute Gasteiger partial charge is 0.234 e. The second kappa shape index (κ2) is 7.39. The van der Waals surface area contributed by atoms with Crippen molar-refractivity contribution in [1.82, 2.24) is 10.6 Å². The first-order valence-electron chi connectivity index (χ1n) is 5.30. The molecule has 0 aliphatic carbocycles. The van der Waals surface area contributed by atoms with Gasteiger partial charge in [0.15, 0.2) is 0 Å². The van der Waals surface area contributed by atoms with E-state index in [9.17, 15) is 9.90 Å². The Kier molecular flexibility index (Phi) is 5.72. The molecule has 3 N–H and O–H groups in total. The number of hydrogen-bond acceptors (Lipinski definition) is 4. The fourth-order valence-electron chi connectivity index (χ4n) is 1.39. The first-order valence-corrected chi connectivity index (χ1v) is 5.30. The average Bonchev–Trinajstić information content (AvgIpc) is 2.38. The topological polar surface area (TPSA) is 85.2 Å². The third kappa shape index (κ3) is 4.64. The zero-order chi connectivity index (χ0) is 12.5. The molecule has 0 saturated heterocycles. The molecule has 1 amide bonds. The number of rotatable bonds is 6. The number of carbonyl (C=O) groups is 1. The number of benzene rings is 1. The van der Waals surface area contributed by atoms with Crippen molar-refractivity contribution in [2.75, 3.05) is 19.7 Å². The predicted octanol–water partition coefficient (Wildman–Crippen LogP) is -0.0506. The maximum atomic E-state index is 11.2. The number of nitrogens with zero attached hydrogens (tertiary/aromatic N) is 1. The van der Waals surface area contributed by atoms with Gasteiger partial charge in [-0.05, 0) is 5.56 Å². The summed E-state index contributed by atoms with van der Waals surface area (Å²) in [5.74, 6) is -0.263. The zero-order valence-corrected chi connectivity index (χ0v) is 9.39. The van der Waals surface area contributed by atoms with Crippen LogP contribution < -0.4 is 10.6 Å². The molecule has 0 spiro atoms. The number of aliphatic hydroxyl groups excluding tert-OH is 1. The molecule has 0 aliphatic rings. The third-order valence-corrected chi connectivity index (χ3v) is 2.26. The van der Waals surface area contributed by atoms with Gasteiger partial charge in [-0.15, -0.1) is 0 Å². The van der Waals surface area contributed by atoms with Crippen LogP contribution in [0.3, 0.4) is 0 Å². The second-order valence-corrected chi connectivity index (χ2v) is 3.46. The van der Waals surface area contributed by atoms with Crippen molar-refractivity contribution in [3.05, 3.63) is 35.9 Å². The Morgan fingerprint density at radius 3 is 2.71 bits per heavy atom. The molecule has 1 aromatic carbocycles. The lowest BCUT2D eigenvalue weighted by Gasteiger charge is -2.16. The minimum atomic E-state index is -0.274. The maximum Gasteiger partial charge on any atom is 0.234 e. The van der Waals surface area contributed by atoms with Gasteiger partial charge in [0.1, 0.15) is 6.54 Å². The molecule has 90 valence electrons. The van der Waals surface area contributed by atoms with Gasteiger partial charge in [-0.2, -0.15) is 5.26 Å². The van der Waals surface area contributed by atoms with Gasteiger partial charge in [-0.1, -0.05) is 30.3 Å². The molecule has 0 aromatic heterocycles. The quantitative estimate of drug-likeness (QED) is 0.601. The summed E-state index contributed by atoms with van der Waals surface area (Å²) in [7, 11) is 0. The highest BCUT2D eigenvalue weighted by molar-refractivity contribution is 5.78. The van der Waals surface area contributed by atoms with Crippen LogP contribution in [0.5, 0.6) is 0 Å². The van der Waals surface area contributed by atoms with Gasteiger partial charge in [-0.25, -0.2) is 0 Å². The lowest BCUT2D eigenvalue weighted by Crippen LogP contribution is -2.36. The molecular weight excluding hydrogens is 218 g/mol. The molecule has 0 saturated carbocycles. The van der Waals surface area contributed by atoms with Crippen LogP contribution in [0, 0.1) is 11.3 Å². The lowest BCUT2D eigenvalue weighted by atomic mass is 10.1. The molecule has 0 heterocycles. The van der Waals surface area contributed by atoms with E-state index in [0.29, 0.717) is 0 Å². The maximum absolute atomic E-state index is 11.2. The summed E-state index contributed by atoms with van der Waals surface area (Å²) in [5, 5.41) is 22.9. The largest absolute Gasteiger partial charge is 0.394 e. The number of nitrogens with one attached hydrogen (secondary N) is 2. The number of amides is 1. The Bertz CT molecular complexity index is 386. The van der Waals surface area contributed by atoms with Gasteiger partial charge in [-0.3, -0.25) is 10.1 Å².